The average Bonchev–Trinajstić information content (AvgIpc) is 3.00. The van der Waals surface area contributed by atoms with Crippen LogP contribution in [0.25, 0.3) is 0 Å². The van der Waals surface area contributed by atoms with Crippen molar-refractivity contribution in [2.24, 2.45) is 28.6 Å². The second kappa shape index (κ2) is 7.83. The summed E-state index contributed by atoms with van der Waals surface area (Å²) >= 11 is 0. The Kier molecular flexibility index (Phi) is 5.88. The molecule has 0 bridgehead atoms. The van der Waals surface area contributed by atoms with E-state index < -0.39 is 17.5 Å². The Labute approximate surface area is 178 Å². The fourth-order valence-corrected chi connectivity index (χ4v) is 5.01. The zero-order chi connectivity index (χ0) is 22.4. The van der Waals surface area contributed by atoms with Crippen LogP contribution in [0.3, 0.4) is 0 Å². The highest BCUT2D eigenvalue weighted by Crippen LogP contribution is 2.65. The summed E-state index contributed by atoms with van der Waals surface area (Å²) in [4.78, 5) is 51.5. The Hall–Kier alpha value is -2.16. The van der Waals surface area contributed by atoms with Crippen molar-refractivity contribution in [1.29, 1.82) is 0 Å². The first-order chi connectivity index (χ1) is 13.9. The Morgan fingerprint density at radius 2 is 1.93 bits per heavy atom. The van der Waals surface area contributed by atoms with Crippen molar-refractivity contribution in [2.75, 3.05) is 19.6 Å². The molecular formula is C21H35N5O4. The number of likely N-dealkylation sites (tertiary alicyclic amines) is 1. The SMILES string of the molecule is CC(=O)N[C@H](C(=O)N1C[C@H]2[C@@H]([C@H]1C(=O)NNC[C@@H]1CCNC1=O)C2(C)C)C(C)(C)C. The molecule has 3 aliphatic rings. The van der Waals surface area contributed by atoms with Gasteiger partial charge in [-0.1, -0.05) is 34.6 Å². The van der Waals surface area contributed by atoms with Crippen LogP contribution in [0.1, 0.15) is 48.0 Å². The van der Waals surface area contributed by atoms with Crippen LogP contribution in [0.2, 0.25) is 0 Å². The van der Waals surface area contributed by atoms with Crippen LogP contribution < -0.4 is 21.5 Å². The number of amides is 4. The van der Waals surface area contributed by atoms with Gasteiger partial charge in [-0.2, -0.15) is 0 Å². The number of nitrogens with zero attached hydrogens (tertiary/aromatic N) is 1. The first-order valence-electron chi connectivity index (χ1n) is 10.7. The van der Waals surface area contributed by atoms with E-state index in [0.717, 1.165) is 6.42 Å². The third-order valence-electron chi connectivity index (χ3n) is 6.94. The minimum absolute atomic E-state index is 0.00460. The number of hydrazine groups is 1. The number of carbonyl (C=O) groups excluding carboxylic acids is 4. The fraction of sp³-hybridized carbons (Fsp3) is 0.810. The van der Waals surface area contributed by atoms with Gasteiger partial charge in [-0.3, -0.25) is 24.6 Å². The number of fused-ring (bicyclic) bond motifs is 1. The quantitative estimate of drug-likeness (QED) is 0.442. The average molecular weight is 422 g/mol. The molecule has 0 spiro atoms. The second-order valence-corrected chi connectivity index (χ2v) is 10.5. The van der Waals surface area contributed by atoms with E-state index in [2.05, 4.69) is 35.3 Å². The molecule has 1 saturated carbocycles. The van der Waals surface area contributed by atoms with Gasteiger partial charge >= 0.3 is 0 Å². The lowest BCUT2D eigenvalue weighted by molar-refractivity contribution is -0.145. The minimum atomic E-state index is -0.707. The van der Waals surface area contributed by atoms with E-state index in [1.165, 1.54) is 6.92 Å². The summed E-state index contributed by atoms with van der Waals surface area (Å²) in [7, 11) is 0. The van der Waals surface area contributed by atoms with Crippen LogP contribution in [0.4, 0.5) is 0 Å². The van der Waals surface area contributed by atoms with Crippen molar-refractivity contribution in [1.82, 2.24) is 26.4 Å². The van der Waals surface area contributed by atoms with Crippen molar-refractivity contribution >= 4 is 23.6 Å². The normalized spacial score (nSPS) is 30.3. The smallest absolute Gasteiger partial charge is 0.257 e. The summed E-state index contributed by atoms with van der Waals surface area (Å²) in [5.74, 6) is -0.605. The standard InChI is InChI=1S/C21H35N5O4/c1-11(27)24-16(20(2,3)4)19(30)26-10-13-14(21(13,5)6)15(26)18(29)25-23-9-12-7-8-22-17(12)28/h12-16,23H,7-10H2,1-6H3,(H,22,28)(H,24,27)(H,25,29)/t12-,13-,14-,15-,16+/m0/s1. The maximum Gasteiger partial charge on any atom is 0.257 e. The van der Waals surface area contributed by atoms with Crippen molar-refractivity contribution in [3.63, 3.8) is 0 Å². The summed E-state index contributed by atoms with van der Waals surface area (Å²) in [5, 5.41) is 5.54. The third-order valence-corrected chi connectivity index (χ3v) is 6.94. The van der Waals surface area contributed by atoms with Gasteiger partial charge in [-0.25, -0.2) is 5.43 Å². The summed E-state index contributed by atoms with van der Waals surface area (Å²) in [5.41, 5.74) is 5.11. The second-order valence-electron chi connectivity index (χ2n) is 10.5. The number of hydrogen-bond donors (Lipinski definition) is 4. The molecule has 5 atom stereocenters. The molecule has 4 amide bonds. The van der Waals surface area contributed by atoms with E-state index in [-0.39, 0.29) is 46.8 Å². The molecule has 3 rings (SSSR count). The zero-order valence-corrected chi connectivity index (χ0v) is 18.8. The summed E-state index contributed by atoms with van der Waals surface area (Å²) in [6.07, 6.45) is 0.734. The van der Waals surface area contributed by atoms with Gasteiger partial charge in [0.25, 0.3) is 5.91 Å². The van der Waals surface area contributed by atoms with Crippen LogP contribution in [-0.4, -0.2) is 60.2 Å². The van der Waals surface area contributed by atoms with Gasteiger partial charge in [0.15, 0.2) is 0 Å². The molecular weight excluding hydrogens is 386 g/mol. The molecule has 9 nitrogen and oxygen atoms in total. The molecule has 0 aromatic rings. The summed E-state index contributed by atoms with van der Waals surface area (Å²) < 4.78 is 0. The first kappa shape index (κ1) is 22.5. The van der Waals surface area contributed by atoms with Crippen molar-refractivity contribution in [3.8, 4) is 0 Å². The topological polar surface area (TPSA) is 120 Å². The largest absolute Gasteiger partial charge is 0.356 e. The highest BCUT2D eigenvalue weighted by Gasteiger charge is 2.69. The molecule has 0 aromatic carbocycles. The van der Waals surface area contributed by atoms with Gasteiger partial charge in [-0.05, 0) is 29.1 Å². The number of carbonyl (C=O) groups is 4. The van der Waals surface area contributed by atoms with E-state index >= 15 is 0 Å². The van der Waals surface area contributed by atoms with Crippen LogP contribution in [0.15, 0.2) is 0 Å². The fourth-order valence-electron chi connectivity index (χ4n) is 5.01. The number of piperidine rings is 1. The molecule has 1 aliphatic carbocycles. The van der Waals surface area contributed by atoms with Crippen LogP contribution >= 0.6 is 0 Å². The summed E-state index contributed by atoms with van der Waals surface area (Å²) in [6, 6.07) is -1.30. The van der Waals surface area contributed by atoms with Gasteiger partial charge in [-0.15, -0.1) is 0 Å². The van der Waals surface area contributed by atoms with E-state index in [1.807, 2.05) is 20.8 Å². The lowest BCUT2D eigenvalue weighted by atomic mass is 9.85. The Bertz CT molecular complexity index is 744. The van der Waals surface area contributed by atoms with E-state index in [1.54, 1.807) is 4.90 Å². The third kappa shape index (κ3) is 4.17. The molecule has 4 N–H and O–H groups in total. The molecule has 30 heavy (non-hydrogen) atoms. The molecule has 9 heteroatoms. The highest BCUT2D eigenvalue weighted by molar-refractivity contribution is 5.93. The molecule has 2 aliphatic heterocycles. The molecule has 168 valence electrons. The van der Waals surface area contributed by atoms with Crippen molar-refractivity contribution in [2.45, 2.75) is 60.0 Å². The first-order valence-corrected chi connectivity index (χ1v) is 10.7. The molecule has 0 unspecified atom stereocenters. The van der Waals surface area contributed by atoms with Crippen molar-refractivity contribution < 1.29 is 19.2 Å². The predicted octanol–water partition coefficient (Wildman–Crippen LogP) is -0.223. The van der Waals surface area contributed by atoms with E-state index in [4.69, 9.17) is 0 Å². The zero-order valence-electron chi connectivity index (χ0n) is 18.8. The van der Waals surface area contributed by atoms with Gasteiger partial charge in [0.1, 0.15) is 12.1 Å². The van der Waals surface area contributed by atoms with Crippen LogP contribution in [0.5, 0.6) is 0 Å². The molecule has 2 saturated heterocycles. The minimum Gasteiger partial charge on any atom is -0.356 e. The van der Waals surface area contributed by atoms with Gasteiger partial charge < -0.3 is 15.5 Å². The van der Waals surface area contributed by atoms with Gasteiger partial charge in [0.2, 0.25) is 17.7 Å². The number of rotatable bonds is 6. The highest BCUT2D eigenvalue weighted by atomic mass is 16.2. The van der Waals surface area contributed by atoms with E-state index in [9.17, 15) is 19.2 Å². The number of hydrogen-bond acceptors (Lipinski definition) is 5. The molecule has 2 heterocycles. The van der Waals surface area contributed by atoms with Gasteiger partial charge in [0.05, 0.1) is 5.92 Å². The maximum atomic E-state index is 13.4. The van der Waals surface area contributed by atoms with Crippen LogP contribution in [-0.2, 0) is 19.2 Å². The predicted molar refractivity (Wildman–Crippen MR) is 111 cm³/mol. The summed E-state index contributed by atoms with van der Waals surface area (Å²) in [6.45, 7) is 12.8. The monoisotopic (exact) mass is 421 g/mol. The molecule has 0 radical (unpaired) electrons. The van der Waals surface area contributed by atoms with Gasteiger partial charge in [0, 0.05) is 26.6 Å². The van der Waals surface area contributed by atoms with E-state index in [0.29, 0.717) is 19.6 Å². The van der Waals surface area contributed by atoms with Crippen LogP contribution in [0, 0.1) is 28.6 Å². The maximum absolute atomic E-state index is 13.4. The Morgan fingerprint density at radius 1 is 1.27 bits per heavy atom. The number of nitrogens with one attached hydrogen (secondary N) is 4. The Balaban J connectivity index is 1.70. The molecule has 0 aromatic heterocycles. The lowest BCUT2D eigenvalue weighted by Gasteiger charge is -2.37. The molecule has 3 fully saturated rings. The Morgan fingerprint density at radius 3 is 2.47 bits per heavy atom. The van der Waals surface area contributed by atoms with Crippen molar-refractivity contribution in [3.05, 3.63) is 0 Å². The lowest BCUT2D eigenvalue weighted by Crippen LogP contribution is -2.60.